The van der Waals surface area contributed by atoms with Crippen molar-refractivity contribution in [1.82, 2.24) is 4.31 Å². The Hall–Kier alpha value is -0.910. The smallest absolute Gasteiger partial charge is 0.214 e. The average Bonchev–Trinajstić information content (AvgIpc) is 2.43. The van der Waals surface area contributed by atoms with E-state index in [1.807, 2.05) is 44.2 Å². The molecule has 0 heterocycles. The minimum absolute atomic E-state index is 0.155. The third-order valence-corrected chi connectivity index (χ3v) is 5.07. The summed E-state index contributed by atoms with van der Waals surface area (Å²) in [5, 5.41) is 0. The second-order valence-corrected chi connectivity index (χ2v) is 6.93. The van der Waals surface area contributed by atoms with Gasteiger partial charge in [-0.25, -0.2) is 12.7 Å². The summed E-state index contributed by atoms with van der Waals surface area (Å²) in [5.41, 5.74) is 6.61. The van der Waals surface area contributed by atoms with Crippen LogP contribution in [-0.2, 0) is 16.4 Å². The second-order valence-electron chi connectivity index (χ2n) is 4.84. The van der Waals surface area contributed by atoms with Crippen molar-refractivity contribution in [1.29, 1.82) is 0 Å². The monoisotopic (exact) mass is 284 g/mol. The summed E-state index contributed by atoms with van der Waals surface area (Å²) in [7, 11) is -3.20. The Kier molecular flexibility index (Phi) is 6.48. The summed E-state index contributed by atoms with van der Waals surface area (Å²) in [4.78, 5) is 0. The lowest BCUT2D eigenvalue weighted by molar-refractivity contribution is 0.371. The zero-order chi connectivity index (χ0) is 14.3. The van der Waals surface area contributed by atoms with E-state index >= 15 is 0 Å². The quantitative estimate of drug-likeness (QED) is 0.786. The molecule has 108 valence electrons. The highest BCUT2D eigenvalue weighted by molar-refractivity contribution is 7.89. The lowest BCUT2D eigenvalue weighted by Crippen LogP contribution is -2.38. The molecule has 1 aromatic carbocycles. The SMILES string of the molecule is CCN(CC(C)CN)S(=O)(=O)CCc1ccccc1. The Balaban J connectivity index is 2.63. The van der Waals surface area contributed by atoms with E-state index in [9.17, 15) is 8.42 Å². The Morgan fingerprint density at radius 3 is 2.42 bits per heavy atom. The molecule has 19 heavy (non-hydrogen) atoms. The fraction of sp³-hybridized carbons (Fsp3) is 0.571. The van der Waals surface area contributed by atoms with Crippen LogP contribution >= 0.6 is 0 Å². The molecule has 0 aliphatic heterocycles. The highest BCUT2D eigenvalue weighted by Crippen LogP contribution is 2.09. The number of hydrogen-bond acceptors (Lipinski definition) is 3. The fourth-order valence-electron chi connectivity index (χ4n) is 1.88. The fourth-order valence-corrected chi connectivity index (χ4v) is 3.51. The van der Waals surface area contributed by atoms with Gasteiger partial charge in [0.1, 0.15) is 0 Å². The molecule has 0 aromatic heterocycles. The van der Waals surface area contributed by atoms with Gasteiger partial charge in [-0.15, -0.1) is 0 Å². The number of sulfonamides is 1. The first-order chi connectivity index (χ1) is 8.99. The van der Waals surface area contributed by atoms with Crippen LogP contribution in [0.15, 0.2) is 30.3 Å². The predicted molar refractivity (Wildman–Crippen MR) is 79.4 cm³/mol. The van der Waals surface area contributed by atoms with Crippen LogP contribution in [0.2, 0.25) is 0 Å². The minimum atomic E-state index is -3.20. The first-order valence-corrected chi connectivity index (χ1v) is 8.32. The molecule has 0 radical (unpaired) electrons. The van der Waals surface area contributed by atoms with Crippen LogP contribution in [0.4, 0.5) is 0 Å². The first-order valence-electron chi connectivity index (χ1n) is 6.71. The summed E-state index contributed by atoms with van der Waals surface area (Å²) >= 11 is 0. The van der Waals surface area contributed by atoms with Gasteiger partial charge in [-0.05, 0) is 24.4 Å². The topological polar surface area (TPSA) is 63.4 Å². The van der Waals surface area contributed by atoms with E-state index in [1.54, 1.807) is 0 Å². The van der Waals surface area contributed by atoms with Crippen molar-refractivity contribution >= 4 is 10.0 Å². The van der Waals surface area contributed by atoms with E-state index in [1.165, 1.54) is 4.31 Å². The standard InChI is InChI=1S/C14H24N2O2S/c1-3-16(12-13(2)11-15)19(17,18)10-9-14-7-5-4-6-8-14/h4-8,13H,3,9-12,15H2,1-2H3. The van der Waals surface area contributed by atoms with E-state index in [4.69, 9.17) is 5.73 Å². The number of rotatable bonds is 8. The highest BCUT2D eigenvalue weighted by atomic mass is 32.2. The number of aryl methyl sites for hydroxylation is 1. The molecule has 0 saturated heterocycles. The van der Waals surface area contributed by atoms with E-state index in [2.05, 4.69) is 0 Å². The lowest BCUT2D eigenvalue weighted by atomic mass is 10.2. The molecule has 4 nitrogen and oxygen atoms in total. The molecule has 0 spiro atoms. The van der Waals surface area contributed by atoms with Crippen molar-refractivity contribution in [2.24, 2.45) is 11.7 Å². The predicted octanol–water partition coefficient (Wildman–Crippen LogP) is 1.48. The number of nitrogens with two attached hydrogens (primary N) is 1. The van der Waals surface area contributed by atoms with Gasteiger partial charge in [0.2, 0.25) is 10.0 Å². The van der Waals surface area contributed by atoms with Crippen LogP contribution in [0.1, 0.15) is 19.4 Å². The summed E-state index contributed by atoms with van der Waals surface area (Å²) in [6.45, 7) is 5.34. The van der Waals surface area contributed by atoms with Gasteiger partial charge in [0.25, 0.3) is 0 Å². The molecule has 1 atom stereocenters. The van der Waals surface area contributed by atoms with Crippen molar-refractivity contribution in [3.05, 3.63) is 35.9 Å². The third kappa shape index (κ3) is 5.30. The van der Waals surface area contributed by atoms with E-state index in [0.29, 0.717) is 26.1 Å². The molecule has 0 aliphatic rings. The molecule has 1 aromatic rings. The highest BCUT2D eigenvalue weighted by Gasteiger charge is 2.21. The third-order valence-electron chi connectivity index (χ3n) is 3.16. The van der Waals surface area contributed by atoms with Crippen molar-refractivity contribution in [2.45, 2.75) is 20.3 Å². The van der Waals surface area contributed by atoms with Crippen LogP contribution in [0.5, 0.6) is 0 Å². The van der Waals surface area contributed by atoms with Gasteiger partial charge in [-0.2, -0.15) is 0 Å². The zero-order valence-corrected chi connectivity index (χ0v) is 12.6. The van der Waals surface area contributed by atoms with E-state index in [-0.39, 0.29) is 11.7 Å². The van der Waals surface area contributed by atoms with Crippen molar-refractivity contribution in [2.75, 3.05) is 25.4 Å². The molecule has 2 N–H and O–H groups in total. The lowest BCUT2D eigenvalue weighted by Gasteiger charge is -2.23. The van der Waals surface area contributed by atoms with Crippen LogP contribution in [0.25, 0.3) is 0 Å². The Morgan fingerprint density at radius 2 is 1.89 bits per heavy atom. The maximum atomic E-state index is 12.3. The minimum Gasteiger partial charge on any atom is -0.330 e. The molecule has 0 saturated carbocycles. The molecule has 1 rings (SSSR count). The number of hydrogen-bond donors (Lipinski definition) is 1. The Labute approximate surface area is 116 Å². The summed E-state index contributed by atoms with van der Waals surface area (Å²) < 4.78 is 26.1. The molecular formula is C14H24N2O2S. The van der Waals surface area contributed by atoms with Crippen LogP contribution in [0.3, 0.4) is 0 Å². The average molecular weight is 284 g/mol. The normalized spacial score (nSPS) is 13.7. The summed E-state index contributed by atoms with van der Waals surface area (Å²) in [5.74, 6) is 0.341. The van der Waals surface area contributed by atoms with Gasteiger partial charge in [-0.3, -0.25) is 0 Å². The van der Waals surface area contributed by atoms with Crippen molar-refractivity contribution in [3.63, 3.8) is 0 Å². The van der Waals surface area contributed by atoms with Gasteiger partial charge < -0.3 is 5.73 Å². The van der Waals surface area contributed by atoms with Crippen LogP contribution < -0.4 is 5.73 Å². The first kappa shape index (κ1) is 16.1. The van der Waals surface area contributed by atoms with Gasteiger partial charge in [0, 0.05) is 13.1 Å². The van der Waals surface area contributed by atoms with Crippen LogP contribution in [0, 0.1) is 5.92 Å². The van der Waals surface area contributed by atoms with Crippen molar-refractivity contribution in [3.8, 4) is 0 Å². The molecule has 0 amide bonds. The Bertz CT molecular complexity index is 460. The summed E-state index contributed by atoms with van der Waals surface area (Å²) in [6.07, 6.45) is 0.552. The summed E-state index contributed by atoms with van der Waals surface area (Å²) in [6, 6.07) is 9.69. The molecule has 5 heteroatoms. The second kappa shape index (κ2) is 7.62. The van der Waals surface area contributed by atoms with Gasteiger partial charge in [0.05, 0.1) is 5.75 Å². The maximum absolute atomic E-state index is 12.3. The largest absolute Gasteiger partial charge is 0.330 e. The molecular weight excluding hydrogens is 260 g/mol. The van der Waals surface area contributed by atoms with Gasteiger partial charge >= 0.3 is 0 Å². The Morgan fingerprint density at radius 1 is 1.26 bits per heavy atom. The molecule has 1 unspecified atom stereocenters. The molecule has 0 bridgehead atoms. The van der Waals surface area contributed by atoms with Gasteiger partial charge in [0.15, 0.2) is 0 Å². The van der Waals surface area contributed by atoms with Gasteiger partial charge in [-0.1, -0.05) is 44.2 Å². The van der Waals surface area contributed by atoms with Crippen LogP contribution in [-0.4, -0.2) is 38.1 Å². The van der Waals surface area contributed by atoms with Crippen molar-refractivity contribution < 1.29 is 8.42 Å². The van der Waals surface area contributed by atoms with E-state index in [0.717, 1.165) is 5.56 Å². The number of benzene rings is 1. The molecule has 0 aliphatic carbocycles. The molecule has 0 fully saturated rings. The van der Waals surface area contributed by atoms with E-state index < -0.39 is 10.0 Å². The maximum Gasteiger partial charge on any atom is 0.214 e. The number of nitrogens with zero attached hydrogens (tertiary/aromatic N) is 1. The zero-order valence-electron chi connectivity index (χ0n) is 11.7.